The van der Waals surface area contributed by atoms with Gasteiger partial charge in [0.2, 0.25) is 5.91 Å². The zero-order valence-electron chi connectivity index (χ0n) is 7.18. The van der Waals surface area contributed by atoms with Crippen molar-refractivity contribution in [3.05, 3.63) is 12.8 Å². The standard InChI is InChI=1S/C8H13NO/c1-2-9-7-5-3-4-6-8(9)10/h2H,1,3-7H2/p+1. The van der Waals surface area contributed by atoms with Crippen LogP contribution in [0.2, 0.25) is 0 Å². The first-order valence-electron chi connectivity index (χ1n) is 3.76. The van der Waals surface area contributed by atoms with Crippen LogP contribution in [0.4, 0.5) is 0 Å². The molecule has 0 N–H and O–H groups in total. The molecule has 0 aromatic heterocycles. The minimum atomic E-state index is 0. The maximum absolute atomic E-state index is 11.1. The molecule has 0 aromatic carbocycles. The molecule has 1 fully saturated rings. The first-order chi connectivity index (χ1) is 4.84. The minimum absolute atomic E-state index is 0. The van der Waals surface area contributed by atoms with E-state index in [0.29, 0.717) is 6.42 Å². The van der Waals surface area contributed by atoms with Crippen molar-refractivity contribution in [1.29, 1.82) is 0 Å². The molecule has 0 atom stereocenters. The lowest BCUT2D eigenvalue weighted by Gasteiger charge is -2.13. The van der Waals surface area contributed by atoms with Crippen LogP contribution in [0, 0.1) is 0 Å². The Bertz CT molecular complexity index is 147. The smallest absolute Gasteiger partial charge is 0.320 e. The van der Waals surface area contributed by atoms with Crippen molar-refractivity contribution in [2.24, 2.45) is 0 Å². The van der Waals surface area contributed by atoms with E-state index in [1.54, 1.807) is 11.1 Å². The van der Waals surface area contributed by atoms with Crippen molar-refractivity contribution in [2.45, 2.75) is 25.7 Å². The molecule has 0 spiro atoms. The number of hydrogen-bond donors (Lipinski definition) is 0. The van der Waals surface area contributed by atoms with Gasteiger partial charge in [0.15, 0.2) is 0 Å². The predicted molar refractivity (Wildman–Crippen MR) is 41.5 cm³/mol. The SMILES string of the molecule is C=CN1CCCCCC1=O.[H+]. The molecule has 0 aliphatic carbocycles. The molecule has 10 heavy (non-hydrogen) atoms. The fourth-order valence-corrected chi connectivity index (χ4v) is 1.20. The Morgan fingerprint density at radius 2 is 2.30 bits per heavy atom. The number of carbonyl (C=O) groups is 1. The normalized spacial score (nSPS) is 20.4. The van der Waals surface area contributed by atoms with E-state index in [0.717, 1.165) is 19.4 Å². The van der Waals surface area contributed by atoms with Gasteiger partial charge in [0.1, 0.15) is 0 Å². The molecule has 56 valence electrons. The summed E-state index contributed by atoms with van der Waals surface area (Å²) in [6, 6.07) is 0. The fraction of sp³-hybridized carbons (Fsp3) is 0.625. The lowest BCUT2D eigenvalue weighted by molar-refractivity contribution is -0.128. The van der Waals surface area contributed by atoms with E-state index >= 15 is 0 Å². The van der Waals surface area contributed by atoms with Crippen molar-refractivity contribution in [3.63, 3.8) is 0 Å². The molecule has 0 bridgehead atoms. The van der Waals surface area contributed by atoms with E-state index in [1.807, 2.05) is 0 Å². The summed E-state index contributed by atoms with van der Waals surface area (Å²) in [5.74, 6) is 0.229. The third-order valence-electron chi connectivity index (χ3n) is 1.83. The first kappa shape index (κ1) is 7.32. The summed E-state index contributed by atoms with van der Waals surface area (Å²) in [5.41, 5.74) is 0. The monoisotopic (exact) mass is 140 g/mol. The largest absolute Gasteiger partial charge is 1.00 e. The highest BCUT2D eigenvalue weighted by molar-refractivity contribution is 5.77. The molecule has 0 aromatic rings. The number of rotatable bonds is 1. The summed E-state index contributed by atoms with van der Waals surface area (Å²) in [4.78, 5) is 12.8. The first-order valence-corrected chi connectivity index (χ1v) is 3.76. The maximum atomic E-state index is 11.1. The summed E-state index contributed by atoms with van der Waals surface area (Å²) < 4.78 is 0. The van der Waals surface area contributed by atoms with E-state index in [4.69, 9.17) is 0 Å². The number of hydrogen-bond acceptors (Lipinski definition) is 1. The van der Waals surface area contributed by atoms with Gasteiger partial charge in [0.25, 0.3) is 0 Å². The van der Waals surface area contributed by atoms with Crippen molar-refractivity contribution in [2.75, 3.05) is 6.54 Å². The van der Waals surface area contributed by atoms with Crippen LogP contribution in [0.1, 0.15) is 27.1 Å². The van der Waals surface area contributed by atoms with Crippen LogP contribution in [-0.4, -0.2) is 17.4 Å². The highest BCUT2D eigenvalue weighted by Crippen LogP contribution is 2.10. The molecular formula is C8H14NO+. The third-order valence-corrected chi connectivity index (χ3v) is 1.83. The van der Waals surface area contributed by atoms with Crippen molar-refractivity contribution in [1.82, 2.24) is 4.90 Å². The zero-order valence-corrected chi connectivity index (χ0v) is 6.18. The van der Waals surface area contributed by atoms with Gasteiger partial charge in [0, 0.05) is 13.0 Å². The van der Waals surface area contributed by atoms with Crippen LogP contribution < -0.4 is 0 Å². The topological polar surface area (TPSA) is 20.3 Å². The zero-order chi connectivity index (χ0) is 7.40. The molecule has 1 heterocycles. The maximum Gasteiger partial charge on any atom is 1.00 e. The highest BCUT2D eigenvalue weighted by atomic mass is 16.2. The lowest BCUT2D eigenvalue weighted by Crippen LogP contribution is -2.23. The number of likely N-dealkylation sites (tertiary alicyclic amines) is 1. The Labute approximate surface area is 63.0 Å². The molecule has 2 nitrogen and oxygen atoms in total. The van der Waals surface area contributed by atoms with E-state index in [2.05, 4.69) is 6.58 Å². The Kier molecular flexibility index (Phi) is 2.49. The van der Waals surface area contributed by atoms with Crippen LogP contribution in [0.5, 0.6) is 0 Å². The quantitative estimate of drug-likeness (QED) is 0.542. The Morgan fingerprint density at radius 1 is 1.50 bits per heavy atom. The Balaban J connectivity index is 0.000001000. The van der Waals surface area contributed by atoms with Crippen LogP contribution in [-0.2, 0) is 4.79 Å². The summed E-state index contributed by atoms with van der Waals surface area (Å²) in [6.07, 6.45) is 5.68. The molecule has 0 saturated carbocycles. The molecule has 1 saturated heterocycles. The summed E-state index contributed by atoms with van der Waals surface area (Å²) in [7, 11) is 0. The second kappa shape index (κ2) is 3.40. The van der Waals surface area contributed by atoms with Crippen molar-refractivity contribution >= 4 is 5.91 Å². The lowest BCUT2D eigenvalue weighted by atomic mass is 10.2. The van der Waals surface area contributed by atoms with E-state index < -0.39 is 0 Å². The van der Waals surface area contributed by atoms with E-state index in [1.165, 1.54) is 6.42 Å². The number of nitrogens with zero attached hydrogens (tertiary/aromatic N) is 1. The predicted octanol–water partition coefficient (Wildman–Crippen LogP) is 1.65. The molecule has 1 amide bonds. The molecule has 1 aliphatic rings. The fourth-order valence-electron chi connectivity index (χ4n) is 1.20. The van der Waals surface area contributed by atoms with Gasteiger partial charge < -0.3 is 4.90 Å². The van der Waals surface area contributed by atoms with Crippen LogP contribution in [0.15, 0.2) is 12.8 Å². The molecule has 0 unspecified atom stereocenters. The van der Waals surface area contributed by atoms with Crippen LogP contribution >= 0.6 is 0 Å². The molecule has 2 heteroatoms. The second-order valence-corrected chi connectivity index (χ2v) is 2.58. The van der Waals surface area contributed by atoms with Gasteiger partial charge in [-0.2, -0.15) is 0 Å². The Morgan fingerprint density at radius 3 is 3.00 bits per heavy atom. The van der Waals surface area contributed by atoms with Gasteiger partial charge in [-0.1, -0.05) is 13.0 Å². The average Bonchev–Trinajstić information content (AvgIpc) is 2.13. The number of amides is 1. The van der Waals surface area contributed by atoms with Gasteiger partial charge in [-0.15, -0.1) is 0 Å². The third kappa shape index (κ3) is 1.59. The minimum Gasteiger partial charge on any atom is -0.320 e. The number of carbonyl (C=O) groups excluding carboxylic acids is 1. The Hall–Kier alpha value is -0.790. The molecule has 1 rings (SSSR count). The van der Waals surface area contributed by atoms with Gasteiger partial charge >= 0.3 is 1.43 Å². The summed E-state index contributed by atoms with van der Waals surface area (Å²) in [5, 5.41) is 0. The highest BCUT2D eigenvalue weighted by Gasteiger charge is 2.12. The van der Waals surface area contributed by atoms with Crippen LogP contribution in [0.3, 0.4) is 0 Å². The van der Waals surface area contributed by atoms with E-state index in [-0.39, 0.29) is 7.33 Å². The summed E-state index contributed by atoms with van der Waals surface area (Å²) in [6.45, 7) is 4.44. The van der Waals surface area contributed by atoms with Crippen molar-refractivity contribution in [3.8, 4) is 0 Å². The van der Waals surface area contributed by atoms with Gasteiger partial charge in [0.05, 0.1) is 0 Å². The van der Waals surface area contributed by atoms with Gasteiger partial charge in [-0.25, -0.2) is 0 Å². The van der Waals surface area contributed by atoms with Crippen molar-refractivity contribution < 1.29 is 6.22 Å². The molecule has 1 aliphatic heterocycles. The van der Waals surface area contributed by atoms with Crippen LogP contribution in [0.25, 0.3) is 0 Å². The summed E-state index contributed by atoms with van der Waals surface area (Å²) >= 11 is 0. The molecular weight excluding hydrogens is 126 g/mol. The van der Waals surface area contributed by atoms with E-state index in [9.17, 15) is 4.79 Å². The second-order valence-electron chi connectivity index (χ2n) is 2.58. The molecule has 0 radical (unpaired) electrons. The van der Waals surface area contributed by atoms with Gasteiger partial charge in [-0.3, -0.25) is 4.79 Å². The average molecular weight is 140 g/mol. The van der Waals surface area contributed by atoms with Gasteiger partial charge in [-0.05, 0) is 19.0 Å².